The van der Waals surface area contributed by atoms with Gasteiger partial charge in [0.2, 0.25) is 5.16 Å². The summed E-state index contributed by atoms with van der Waals surface area (Å²) in [5.41, 5.74) is 1.90. The number of amides is 1. The molecule has 0 aromatic carbocycles. The number of hydrogen-bond donors (Lipinski definition) is 1. The van der Waals surface area contributed by atoms with Gasteiger partial charge in [0.15, 0.2) is 6.61 Å². The van der Waals surface area contributed by atoms with Gasteiger partial charge in [0.25, 0.3) is 11.7 Å². The number of ether oxygens (including phenoxy) is 1. The number of esters is 1. The number of hydrogen-bond acceptors (Lipinski definition) is 7. The summed E-state index contributed by atoms with van der Waals surface area (Å²) in [5, 5.41) is 7.93. The summed E-state index contributed by atoms with van der Waals surface area (Å²) in [5.74, 6) is -0.288. The maximum Gasteiger partial charge on any atom is 0.310 e. The van der Waals surface area contributed by atoms with Gasteiger partial charge in [-0.25, -0.2) is 9.50 Å². The van der Waals surface area contributed by atoms with E-state index in [1.54, 1.807) is 4.52 Å². The van der Waals surface area contributed by atoms with Gasteiger partial charge >= 0.3 is 5.97 Å². The van der Waals surface area contributed by atoms with Crippen LogP contribution in [0, 0.1) is 19.3 Å². The molecule has 0 saturated carbocycles. The van der Waals surface area contributed by atoms with Crippen molar-refractivity contribution in [2.75, 3.05) is 12.9 Å². The summed E-state index contributed by atoms with van der Waals surface area (Å²) < 4.78 is 6.83. The first-order chi connectivity index (χ1) is 13.3. The second-order valence-electron chi connectivity index (χ2n) is 9.08. The topological polar surface area (TPSA) is 98.5 Å². The second kappa shape index (κ2) is 8.69. The molecule has 2 rings (SSSR count). The maximum atomic E-state index is 12.3. The van der Waals surface area contributed by atoms with Crippen LogP contribution in [-0.4, -0.2) is 49.9 Å². The maximum absolute atomic E-state index is 12.3. The minimum atomic E-state index is -0.480. The van der Waals surface area contributed by atoms with E-state index in [1.807, 2.05) is 34.0 Å². The zero-order valence-corrected chi connectivity index (χ0v) is 19.4. The number of fused-ring (bicyclic) bond motifs is 1. The zero-order valence-electron chi connectivity index (χ0n) is 18.5. The third-order valence-corrected chi connectivity index (χ3v) is 4.89. The fourth-order valence-electron chi connectivity index (χ4n) is 3.66. The molecule has 0 bridgehead atoms. The van der Waals surface area contributed by atoms with Gasteiger partial charge in [0.05, 0.1) is 6.42 Å². The molecule has 0 aliphatic heterocycles. The van der Waals surface area contributed by atoms with E-state index in [4.69, 9.17) is 4.74 Å². The van der Waals surface area contributed by atoms with Crippen molar-refractivity contribution in [2.45, 2.75) is 72.0 Å². The van der Waals surface area contributed by atoms with E-state index in [-0.39, 0.29) is 29.9 Å². The number of carbonyl (C=O) groups excluding carboxylic acids is 2. The smallest absolute Gasteiger partial charge is 0.310 e. The number of carbonyl (C=O) groups is 2. The van der Waals surface area contributed by atoms with Crippen LogP contribution in [0.2, 0.25) is 0 Å². The highest BCUT2D eigenvalue weighted by atomic mass is 32.2. The number of aromatic nitrogens is 4. The SMILES string of the molecule is CSc1nc2nc(C)c(CC(=O)OCC(=O)NC(C)(C)CC(C)(C)C)c(C)n2n1. The molecule has 0 radical (unpaired) electrons. The summed E-state index contributed by atoms with van der Waals surface area (Å²) in [7, 11) is 0. The van der Waals surface area contributed by atoms with Crippen LogP contribution in [0.1, 0.15) is 58.0 Å². The third-order valence-electron chi connectivity index (χ3n) is 4.35. The van der Waals surface area contributed by atoms with Crippen LogP contribution in [0.25, 0.3) is 5.78 Å². The van der Waals surface area contributed by atoms with Crippen LogP contribution in [0.4, 0.5) is 0 Å². The predicted molar refractivity (Wildman–Crippen MR) is 113 cm³/mol. The van der Waals surface area contributed by atoms with Crippen molar-refractivity contribution in [3.05, 3.63) is 17.0 Å². The Balaban J connectivity index is 2.00. The van der Waals surface area contributed by atoms with Gasteiger partial charge in [-0.05, 0) is 45.8 Å². The molecule has 160 valence electrons. The lowest BCUT2D eigenvalue weighted by Gasteiger charge is -2.33. The molecule has 9 heteroatoms. The summed E-state index contributed by atoms with van der Waals surface area (Å²) in [6, 6.07) is 0. The largest absolute Gasteiger partial charge is 0.455 e. The highest BCUT2D eigenvalue weighted by Crippen LogP contribution is 2.26. The van der Waals surface area contributed by atoms with E-state index in [2.05, 4.69) is 41.2 Å². The molecule has 0 atom stereocenters. The number of nitrogens with one attached hydrogen (secondary N) is 1. The molecule has 2 aromatic heterocycles. The molecular formula is C20H31N5O3S. The first kappa shape index (κ1) is 23.1. The molecule has 29 heavy (non-hydrogen) atoms. The molecule has 0 saturated heterocycles. The number of thioether (sulfide) groups is 1. The first-order valence-corrected chi connectivity index (χ1v) is 10.8. The standard InChI is InChI=1S/C20H31N5O3S/c1-12-14(13(2)25-17(21-12)22-18(24-25)29-8)9-16(27)28-10-15(26)23-20(6,7)11-19(3,4)5/h9-11H2,1-8H3,(H,23,26). The Hall–Kier alpha value is -2.16. The van der Waals surface area contributed by atoms with Crippen LogP contribution < -0.4 is 5.32 Å². The van der Waals surface area contributed by atoms with E-state index in [0.29, 0.717) is 16.6 Å². The van der Waals surface area contributed by atoms with E-state index in [9.17, 15) is 9.59 Å². The minimum Gasteiger partial charge on any atom is -0.455 e. The summed E-state index contributed by atoms with van der Waals surface area (Å²) in [4.78, 5) is 33.3. The molecule has 0 aliphatic rings. The van der Waals surface area contributed by atoms with Crippen LogP contribution in [0.3, 0.4) is 0 Å². The lowest BCUT2D eigenvalue weighted by Crippen LogP contribution is -2.47. The Kier molecular flexibility index (Phi) is 6.93. The van der Waals surface area contributed by atoms with Gasteiger partial charge in [-0.15, -0.1) is 5.10 Å². The Labute approximate surface area is 176 Å². The lowest BCUT2D eigenvalue weighted by molar-refractivity contribution is -0.148. The zero-order chi connectivity index (χ0) is 22.0. The molecule has 8 nitrogen and oxygen atoms in total. The van der Waals surface area contributed by atoms with Crippen LogP contribution in [0.15, 0.2) is 5.16 Å². The van der Waals surface area contributed by atoms with Gasteiger partial charge < -0.3 is 10.1 Å². The van der Waals surface area contributed by atoms with Gasteiger partial charge in [-0.2, -0.15) is 4.98 Å². The monoisotopic (exact) mass is 421 g/mol. The first-order valence-electron chi connectivity index (χ1n) is 9.55. The third kappa shape index (κ3) is 6.42. The molecule has 2 aromatic rings. The van der Waals surface area contributed by atoms with Crippen LogP contribution in [-0.2, 0) is 20.7 Å². The molecule has 1 N–H and O–H groups in total. The van der Waals surface area contributed by atoms with E-state index in [1.165, 1.54) is 11.8 Å². The average molecular weight is 422 g/mol. The van der Waals surface area contributed by atoms with Crippen molar-refractivity contribution in [3.8, 4) is 0 Å². The molecule has 0 aliphatic carbocycles. The van der Waals surface area contributed by atoms with E-state index < -0.39 is 5.97 Å². The Morgan fingerprint density at radius 2 is 1.79 bits per heavy atom. The Bertz CT molecular complexity index is 915. The highest BCUT2D eigenvalue weighted by Gasteiger charge is 2.27. The van der Waals surface area contributed by atoms with E-state index >= 15 is 0 Å². The molecule has 0 fully saturated rings. The van der Waals surface area contributed by atoms with Crippen LogP contribution in [0.5, 0.6) is 0 Å². The molecule has 1 amide bonds. The molecule has 0 unspecified atom stereocenters. The summed E-state index contributed by atoms with van der Waals surface area (Å²) >= 11 is 1.43. The van der Waals surface area contributed by atoms with Gasteiger partial charge in [0, 0.05) is 22.5 Å². The van der Waals surface area contributed by atoms with Gasteiger partial charge in [0.1, 0.15) is 0 Å². The fraction of sp³-hybridized carbons (Fsp3) is 0.650. The normalized spacial score (nSPS) is 12.3. The van der Waals surface area contributed by atoms with Gasteiger partial charge in [-0.1, -0.05) is 32.5 Å². The Morgan fingerprint density at radius 3 is 2.38 bits per heavy atom. The van der Waals surface area contributed by atoms with Crippen molar-refractivity contribution >= 4 is 29.4 Å². The minimum absolute atomic E-state index is 0.0216. The van der Waals surface area contributed by atoms with E-state index in [0.717, 1.165) is 17.7 Å². The number of aryl methyl sites for hydroxylation is 2. The fourth-order valence-corrected chi connectivity index (χ4v) is 3.99. The number of rotatable bonds is 7. The van der Waals surface area contributed by atoms with Crippen molar-refractivity contribution in [1.82, 2.24) is 24.9 Å². The van der Waals surface area contributed by atoms with Crippen molar-refractivity contribution in [3.63, 3.8) is 0 Å². The Morgan fingerprint density at radius 1 is 1.14 bits per heavy atom. The van der Waals surface area contributed by atoms with Gasteiger partial charge in [-0.3, -0.25) is 9.59 Å². The molecular weight excluding hydrogens is 390 g/mol. The lowest BCUT2D eigenvalue weighted by atomic mass is 9.82. The summed E-state index contributed by atoms with van der Waals surface area (Å²) in [6.45, 7) is 13.7. The average Bonchev–Trinajstić information content (AvgIpc) is 2.97. The molecule has 2 heterocycles. The quantitative estimate of drug-likeness (QED) is 0.542. The number of nitrogens with zero attached hydrogens (tertiary/aromatic N) is 4. The van der Waals surface area contributed by atoms with Crippen molar-refractivity contribution < 1.29 is 14.3 Å². The highest BCUT2D eigenvalue weighted by molar-refractivity contribution is 7.98. The summed E-state index contributed by atoms with van der Waals surface area (Å²) in [6.07, 6.45) is 2.72. The second-order valence-corrected chi connectivity index (χ2v) is 9.85. The van der Waals surface area contributed by atoms with Crippen LogP contribution >= 0.6 is 11.8 Å². The predicted octanol–water partition coefficient (Wildman–Crippen LogP) is 2.88. The van der Waals surface area contributed by atoms with Crippen molar-refractivity contribution in [2.24, 2.45) is 5.41 Å². The molecule has 0 spiro atoms. The van der Waals surface area contributed by atoms with Crippen molar-refractivity contribution in [1.29, 1.82) is 0 Å².